The standard InChI is InChI=1S/C16H27NO6/c1-11(2)13(8-9-14(19)21-7)17(10-22-12(3)18)15(20)23-16(4,5)6/h8-9,11,13H,10H2,1-7H3/b9-8+/t13-/m1/s1. The third-order valence-corrected chi connectivity index (χ3v) is 2.71. The van der Waals surface area contributed by atoms with Crippen LogP contribution in [0.4, 0.5) is 4.79 Å². The largest absolute Gasteiger partial charge is 0.466 e. The second-order valence-corrected chi connectivity index (χ2v) is 6.33. The van der Waals surface area contributed by atoms with Gasteiger partial charge in [0, 0.05) is 13.0 Å². The van der Waals surface area contributed by atoms with Gasteiger partial charge in [-0.1, -0.05) is 19.9 Å². The van der Waals surface area contributed by atoms with Crippen molar-refractivity contribution in [3.63, 3.8) is 0 Å². The van der Waals surface area contributed by atoms with Crippen LogP contribution in [0.25, 0.3) is 0 Å². The van der Waals surface area contributed by atoms with E-state index in [9.17, 15) is 14.4 Å². The van der Waals surface area contributed by atoms with Crippen molar-refractivity contribution in [3.05, 3.63) is 12.2 Å². The van der Waals surface area contributed by atoms with Crippen LogP contribution in [0.5, 0.6) is 0 Å². The number of esters is 2. The summed E-state index contributed by atoms with van der Waals surface area (Å²) in [6.07, 6.45) is 2.13. The number of methoxy groups -OCH3 is 1. The van der Waals surface area contributed by atoms with Gasteiger partial charge in [0.25, 0.3) is 0 Å². The van der Waals surface area contributed by atoms with E-state index in [0.717, 1.165) is 0 Å². The van der Waals surface area contributed by atoms with Gasteiger partial charge in [0.05, 0.1) is 13.2 Å². The van der Waals surface area contributed by atoms with E-state index in [2.05, 4.69) is 4.74 Å². The van der Waals surface area contributed by atoms with Crippen molar-refractivity contribution in [2.45, 2.75) is 53.2 Å². The van der Waals surface area contributed by atoms with Crippen molar-refractivity contribution in [1.29, 1.82) is 0 Å². The molecule has 0 aromatic carbocycles. The second-order valence-electron chi connectivity index (χ2n) is 6.33. The highest BCUT2D eigenvalue weighted by Crippen LogP contribution is 2.18. The molecule has 0 unspecified atom stereocenters. The first-order chi connectivity index (χ1) is 10.5. The topological polar surface area (TPSA) is 82.1 Å². The Kier molecular flexibility index (Phi) is 8.35. The number of nitrogens with zero attached hydrogens (tertiary/aromatic N) is 1. The van der Waals surface area contributed by atoms with Crippen molar-refractivity contribution < 1.29 is 28.6 Å². The summed E-state index contributed by atoms with van der Waals surface area (Å²) in [7, 11) is 1.27. The molecule has 0 N–H and O–H groups in total. The molecule has 0 bridgehead atoms. The van der Waals surface area contributed by atoms with E-state index in [-0.39, 0.29) is 12.6 Å². The lowest BCUT2D eigenvalue weighted by Crippen LogP contribution is -2.46. The molecule has 0 fully saturated rings. The lowest BCUT2D eigenvalue weighted by Gasteiger charge is -2.33. The molecule has 132 valence electrons. The zero-order chi connectivity index (χ0) is 18.2. The average molecular weight is 329 g/mol. The van der Waals surface area contributed by atoms with Gasteiger partial charge < -0.3 is 14.2 Å². The van der Waals surface area contributed by atoms with E-state index in [1.807, 2.05) is 13.8 Å². The van der Waals surface area contributed by atoms with Gasteiger partial charge in [0.1, 0.15) is 5.60 Å². The van der Waals surface area contributed by atoms with E-state index >= 15 is 0 Å². The molecule has 1 amide bonds. The van der Waals surface area contributed by atoms with E-state index in [0.29, 0.717) is 0 Å². The van der Waals surface area contributed by atoms with Crippen molar-refractivity contribution in [3.8, 4) is 0 Å². The summed E-state index contributed by atoms with van der Waals surface area (Å²) in [6, 6.07) is -0.497. The van der Waals surface area contributed by atoms with Gasteiger partial charge >= 0.3 is 18.0 Å². The number of carbonyl (C=O) groups excluding carboxylic acids is 3. The normalized spacial score (nSPS) is 12.9. The SMILES string of the molecule is COC(=O)/C=C/[C@H](C(C)C)N(COC(C)=O)C(=O)OC(C)(C)C. The molecule has 0 aromatic heterocycles. The van der Waals surface area contributed by atoms with E-state index < -0.39 is 29.7 Å². The average Bonchev–Trinajstić information content (AvgIpc) is 2.38. The zero-order valence-electron chi connectivity index (χ0n) is 14.9. The fourth-order valence-corrected chi connectivity index (χ4v) is 1.67. The Balaban J connectivity index is 5.38. The van der Waals surface area contributed by atoms with Gasteiger partial charge in [-0.25, -0.2) is 9.59 Å². The summed E-state index contributed by atoms with van der Waals surface area (Å²) in [4.78, 5) is 36.0. The van der Waals surface area contributed by atoms with Crippen LogP contribution in [0.3, 0.4) is 0 Å². The number of carbonyl (C=O) groups is 3. The Labute approximate surface area is 137 Å². The van der Waals surface area contributed by atoms with E-state index in [1.54, 1.807) is 20.8 Å². The van der Waals surface area contributed by atoms with Gasteiger partial charge in [-0.15, -0.1) is 0 Å². The van der Waals surface area contributed by atoms with Gasteiger partial charge in [-0.3, -0.25) is 9.69 Å². The highest BCUT2D eigenvalue weighted by atomic mass is 16.6. The fraction of sp³-hybridized carbons (Fsp3) is 0.688. The number of ether oxygens (including phenoxy) is 3. The monoisotopic (exact) mass is 329 g/mol. The van der Waals surface area contributed by atoms with Crippen molar-refractivity contribution in [2.24, 2.45) is 5.92 Å². The van der Waals surface area contributed by atoms with Gasteiger partial charge in [0.15, 0.2) is 6.73 Å². The molecule has 0 spiro atoms. The molecule has 0 aliphatic heterocycles. The minimum Gasteiger partial charge on any atom is -0.466 e. The molecule has 0 saturated carbocycles. The number of amides is 1. The minimum absolute atomic E-state index is 0.0426. The summed E-state index contributed by atoms with van der Waals surface area (Å²) >= 11 is 0. The molecule has 7 heteroatoms. The van der Waals surface area contributed by atoms with Crippen LogP contribution in [-0.4, -0.2) is 48.4 Å². The first-order valence-electron chi connectivity index (χ1n) is 7.37. The van der Waals surface area contributed by atoms with Crippen molar-refractivity contribution in [1.82, 2.24) is 4.90 Å². The Morgan fingerprint density at radius 1 is 1.17 bits per heavy atom. The maximum atomic E-state index is 12.4. The van der Waals surface area contributed by atoms with Gasteiger partial charge in [-0.05, 0) is 26.7 Å². The molecular formula is C16H27NO6. The molecule has 23 heavy (non-hydrogen) atoms. The maximum Gasteiger partial charge on any atom is 0.413 e. The maximum absolute atomic E-state index is 12.4. The lowest BCUT2D eigenvalue weighted by molar-refractivity contribution is -0.146. The van der Waals surface area contributed by atoms with Gasteiger partial charge in [-0.2, -0.15) is 0 Å². The quantitative estimate of drug-likeness (QED) is 0.322. The Morgan fingerprint density at radius 2 is 1.74 bits per heavy atom. The summed E-state index contributed by atoms with van der Waals surface area (Å²) in [5, 5.41) is 0. The number of hydrogen-bond donors (Lipinski definition) is 0. The molecule has 0 rings (SSSR count). The van der Waals surface area contributed by atoms with Crippen LogP contribution in [0, 0.1) is 5.92 Å². The molecule has 7 nitrogen and oxygen atoms in total. The van der Waals surface area contributed by atoms with Crippen molar-refractivity contribution in [2.75, 3.05) is 13.8 Å². The van der Waals surface area contributed by atoms with Crippen LogP contribution < -0.4 is 0 Å². The number of rotatable bonds is 6. The lowest BCUT2D eigenvalue weighted by atomic mass is 10.0. The summed E-state index contributed by atoms with van der Waals surface area (Å²) in [5.74, 6) is -1.09. The predicted octanol–water partition coefficient (Wildman–Crippen LogP) is 2.50. The summed E-state index contributed by atoms with van der Waals surface area (Å²) < 4.78 is 14.8. The van der Waals surface area contributed by atoms with Crippen LogP contribution in [0.15, 0.2) is 12.2 Å². The van der Waals surface area contributed by atoms with Crippen LogP contribution in [-0.2, 0) is 23.8 Å². The summed E-state index contributed by atoms with van der Waals surface area (Å²) in [6.45, 7) is 9.95. The highest BCUT2D eigenvalue weighted by Gasteiger charge is 2.29. The molecule has 0 saturated heterocycles. The molecule has 0 aromatic rings. The first-order valence-corrected chi connectivity index (χ1v) is 7.37. The molecule has 1 atom stereocenters. The molecule has 0 aliphatic rings. The third-order valence-electron chi connectivity index (χ3n) is 2.71. The Hall–Kier alpha value is -2.05. The van der Waals surface area contributed by atoms with Crippen LogP contribution in [0.1, 0.15) is 41.5 Å². The van der Waals surface area contributed by atoms with Crippen LogP contribution in [0.2, 0.25) is 0 Å². The smallest absolute Gasteiger partial charge is 0.413 e. The molecule has 0 heterocycles. The summed E-state index contributed by atoms with van der Waals surface area (Å²) in [5.41, 5.74) is -0.695. The van der Waals surface area contributed by atoms with E-state index in [1.165, 1.54) is 31.1 Å². The predicted molar refractivity (Wildman–Crippen MR) is 84.5 cm³/mol. The van der Waals surface area contributed by atoms with Crippen molar-refractivity contribution >= 4 is 18.0 Å². The third kappa shape index (κ3) is 8.85. The molecule has 0 radical (unpaired) electrons. The van der Waals surface area contributed by atoms with Gasteiger partial charge in [0.2, 0.25) is 0 Å². The fourth-order valence-electron chi connectivity index (χ4n) is 1.67. The first kappa shape index (κ1) is 20.9. The number of hydrogen-bond acceptors (Lipinski definition) is 6. The highest BCUT2D eigenvalue weighted by molar-refractivity contribution is 5.82. The van der Waals surface area contributed by atoms with Crippen LogP contribution >= 0.6 is 0 Å². The Bertz CT molecular complexity index is 450. The molecule has 0 aliphatic carbocycles. The Morgan fingerprint density at radius 3 is 2.13 bits per heavy atom. The molecular weight excluding hydrogens is 302 g/mol. The minimum atomic E-state index is -0.695. The van der Waals surface area contributed by atoms with E-state index in [4.69, 9.17) is 9.47 Å². The zero-order valence-corrected chi connectivity index (χ0v) is 14.9. The second kappa shape index (κ2) is 9.17.